The van der Waals surface area contributed by atoms with Crippen LogP contribution in [0.1, 0.15) is 30.4 Å². The van der Waals surface area contributed by atoms with Gasteiger partial charge in [-0.2, -0.15) is 4.31 Å². The number of benzene rings is 2. The van der Waals surface area contributed by atoms with E-state index in [1.54, 1.807) is 37.3 Å². The summed E-state index contributed by atoms with van der Waals surface area (Å²) in [6.45, 7) is 4.50. The molecule has 0 atom stereocenters. The van der Waals surface area contributed by atoms with Crippen molar-refractivity contribution in [1.29, 1.82) is 0 Å². The molecule has 1 aliphatic rings. The van der Waals surface area contributed by atoms with E-state index in [2.05, 4.69) is 10.6 Å². The standard InChI is InChI=1S/C21H26FN3O3S/c1-15-6-8-17(12-19(15)22)24-21(26)14-23-20-13-18(9-7-16(20)2)29(27,28)25-10-4-3-5-11-25/h6-9,12-13,23H,3-5,10-11,14H2,1-2H3,(H,24,26). The van der Waals surface area contributed by atoms with Crippen LogP contribution in [-0.2, 0) is 14.8 Å². The summed E-state index contributed by atoms with van der Waals surface area (Å²) in [6.07, 6.45) is 2.79. The molecule has 0 unspecified atom stereocenters. The number of hydrogen-bond acceptors (Lipinski definition) is 4. The average molecular weight is 420 g/mol. The van der Waals surface area contributed by atoms with Gasteiger partial charge in [0.2, 0.25) is 15.9 Å². The van der Waals surface area contributed by atoms with Gasteiger partial charge in [-0.1, -0.05) is 18.6 Å². The van der Waals surface area contributed by atoms with E-state index in [1.165, 1.54) is 10.4 Å². The number of nitrogens with one attached hydrogen (secondary N) is 2. The van der Waals surface area contributed by atoms with Crippen molar-refractivity contribution in [3.63, 3.8) is 0 Å². The minimum Gasteiger partial charge on any atom is -0.376 e. The predicted octanol–water partition coefficient (Wildman–Crippen LogP) is 3.67. The summed E-state index contributed by atoms with van der Waals surface area (Å²) < 4.78 is 40.9. The van der Waals surface area contributed by atoms with Gasteiger partial charge in [0.25, 0.3) is 0 Å². The maximum absolute atomic E-state index is 13.6. The first-order valence-electron chi connectivity index (χ1n) is 9.68. The fourth-order valence-corrected chi connectivity index (χ4v) is 4.80. The lowest BCUT2D eigenvalue weighted by Crippen LogP contribution is -2.35. The van der Waals surface area contributed by atoms with Gasteiger partial charge in [0.15, 0.2) is 0 Å². The Morgan fingerprint density at radius 1 is 1.03 bits per heavy atom. The Morgan fingerprint density at radius 2 is 1.72 bits per heavy atom. The van der Waals surface area contributed by atoms with E-state index in [9.17, 15) is 17.6 Å². The van der Waals surface area contributed by atoms with Crippen molar-refractivity contribution < 1.29 is 17.6 Å². The number of aryl methyl sites for hydroxylation is 2. The molecule has 0 aliphatic carbocycles. The summed E-state index contributed by atoms with van der Waals surface area (Å²) in [7, 11) is -3.55. The number of piperidine rings is 1. The van der Waals surface area contributed by atoms with E-state index in [-0.39, 0.29) is 23.2 Å². The van der Waals surface area contributed by atoms with Gasteiger partial charge in [-0.05, 0) is 62.1 Å². The largest absolute Gasteiger partial charge is 0.376 e. The molecular formula is C21H26FN3O3S. The van der Waals surface area contributed by atoms with Crippen molar-refractivity contribution >= 4 is 27.3 Å². The lowest BCUT2D eigenvalue weighted by atomic mass is 10.2. The number of carbonyl (C=O) groups is 1. The van der Waals surface area contributed by atoms with E-state index in [0.717, 1.165) is 24.8 Å². The second-order valence-corrected chi connectivity index (χ2v) is 9.25. The van der Waals surface area contributed by atoms with E-state index in [4.69, 9.17) is 0 Å². The molecule has 1 saturated heterocycles. The van der Waals surface area contributed by atoms with Crippen molar-refractivity contribution in [3.8, 4) is 0 Å². The Morgan fingerprint density at radius 3 is 2.41 bits per heavy atom. The summed E-state index contributed by atoms with van der Waals surface area (Å²) in [5.74, 6) is -0.737. The lowest BCUT2D eigenvalue weighted by molar-refractivity contribution is -0.114. The zero-order chi connectivity index (χ0) is 21.0. The SMILES string of the molecule is Cc1ccc(NC(=O)CNc2cc(S(=O)(=O)N3CCCCC3)ccc2C)cc1F. The molecule has 0 radical (unpaired) electrons. The minimum absolute atomic E-state index is 0.0659. The fourth-order valence-electron chi connectivity index (χ4n) is 3.26. The summed E-state index contributed by atoms with van der Waals surface area (Å²) in [5, 5.41) is 5.61. The number of anilines is 2. The third-order valence-electron chi connectivity index (χ3n) is 5.06. The van der Waals surface area contributed by atoms with Gasteiger partial charge in [0, 0.05) is 24.5 Å². The number of halogens is 1. The second kappa shape index (κ2) is 8.92. The van der Waals surface area contributed by atoms with Crippen LogP contribution in [0, 0.1) is 19.7 Å². The van der Waals surface area contributed by atoms with E-state index in [0.29, 0.717) is 30.0 Å². The number of hydrogen-bond donors (Lipinski definition) is 2. The molecular weight excluding hydrogens is 393 g/mol. The third kappa shape index (κ3) is 5.13. The number of nitrogens with zero attached hydrogens (tertiary/aromatic N) is 1. The van der Waals surface area contributed by atoms with Crippen LogP contribution in [0.2, 0.25) is 0 Å². The van der Waals surface area contributed by atoms with Gasteiger partial charge in [0.1, 0.15) is 5.82 Å². The number of amides is 1. The quantitative estimate of drug-likeness (QED) is 0.749. The van der Waals surface area contributed by atoms with Crippen LogP contribution in [0.4, 0.5) is 15.8 Å². The Hall–Kier alpha value is -2.45. The Labute approximate surface area is 171 Å². The van der Waals surface area contributed by atoms with Crippen molar-refractivity contribution in [2.45, 2.75) is 38.0 Å². The topological polar surface area (TPSA) is 78.5 Å². The molecule has 0 spiro atoms. The van der Waals surface area contributed by atoms with Crippen LogP contribution in [0.15, 0.2) is 41.3 Å². The zero-order valence-corrected chi connectivity index (χ0v) is 17.5. The highest BCUT2D eigenvalue weighted by Gasteiger charge is 2.26. The van der Waals surface area contributed by atoms with Crippen LogP contribution >= 0.6 is 0 Å². The number of carbonyl (C=O) groups excluding carboxylic acids is 1. The van der Waals surface area contributed by atoms with Crippen LogP contribution in [0.5, 0.6) is 0 Å². The van der Waals surface area contributed by atoms with Gasteiger partial charge in [-0.3, -0.25) is 4.79 Å². The highest BCUT2D eigenvalue weighted by Crippen LogP contribution is 2.25. The molecule has 1 fully saturated rings. The normalized spacial score (nSPS) is 15.1. The van der Waals surface area contributed by atoms with Crippen molar-refractivity contribution in [2.75, 3.05) is 30.3 Å². The van der Waals surface area contributed by atoms with Gasteiger partial charge < -0.3 is 10.6 Å². The Balaban J connectivity index is 1.68. The molecule has 1 heterocycles. The summed E-state index contributed by atoms with van der Waals surface area (Å²) >= 11 is 0. The van der Waals surface area contributed by atoms with Crippen LogP contribution in [0.3, 0.4) is 0 Å². The second-order valence-electron chi connectivity index (χ2n) is 7.31. The monoisotopic (exact) mass is 419 g/mol. The Bertz CT molecular complexity index is 1000. The third-order valence-corrected chi connectivity index (χ3v) is 6.95. The summed E-state index contributed by atoms with van der Waals surface area (Å²) in [5.41, 5.74) is 2.28. The highest BCUT2D eigenvalue weighted by molar-refractivity contribution is 7.89. The van der Waals surface area contributed by atoms with E-state index < -0.39 is 10.0 Å². The average Bonchev–Trinajstić information content (AvgIpc) is 2.70. The molecule has 6 nitrogen and oxygen atoms in total. The summed E-state index contributed by atoms with van der Waals surface area (Å²) in [4.78, 5) is 12.4. The van der Waals surface area contributed by atoms with Crippen LogP contribution in [-0.4, -0.2) is 38.3 Å². The number of rotatable bonds is 6. The minimum atomic E-state index is -3.55. The molecule has 156 valence electrons. The first kappa shape index (κ1) is 21.3. The molecule has 8 heteroatoms. The van der Waals surface area contributed by atoms with Crippen molar-refractivity contribution in [3.05, 3.63) is 53.3 Å². The molecule has 0 saturated carbocycles. The van der Waals surface area contributed by atoms with E-state index in [1.807, 2.05) is 6.92 Å². The maximum Gasteiger partial charge on any atom is 0.243 e. The molecule has 2 aromatic carbocycles. The maximum atomic E-state index is 13.6. The molecule has 1 amide bonds. The first-order chi connectivity index (χ1) is 13.8. The lowest BCUT2D eigenvalue weighted by Gasteiger charge is -2.26. The van der Waals surface area contributed by atoms with Crippen molar-refractivity contribution in [2.24, 2.45) is 0 Å². The van der Waals surface area contributed by atoms with Crippen LogP contribution in [0.25, 0.3) is 0 Å². The predicted molar refractivity (Wildman–Crippen MR) is 112 cm³/mol. The Kier molecular flexibility index (Phi) is 6.54. The summed E-state index contributed by atoms with van der Waals surface area (Å²) in [6, 6.07) is 9.39. The zero-order valence-electron chi connectivity index (χ0n) is 16.7. The highest BCUT2D eigenvalue weighted by atomic mass is 32.2. The smallest absolute Gasteiger partial charge is 0.243 e. The van der Waals surface area contributed by atoms with Gasteiger partial charge in [-0.15, -0.1) is 0 Å². The van der Waals surface area contributed by atoms with Gasteiger partial charge in [0.05, 0.1) is 11.4 Å². The fraction of sp³-hybridized carbons (Fsp3) is 0.381. The molecule has 0 aromatic heterocycles. The molecule has 2 aromatic rings. The van der Waals surface area contributed by atoms with Gasteiger partial charge >= 0.3 is 0 Å². The van der Waals surface area contributed by atoms with Crippen LogP contribution < -0.4 is 10.6 Å². The molecule has 2 N–H and O–H groups in total. The molecule has 3 rings (SSSR count). The first-order valence-corrected chi connectivity index (χ1v) is 11.1. The van der Waals surface area contributed by atoms with Crippen molar-refractivity contribution in [1.82, 2.24) is 4.31 Å². The molecule has 29 heavy (non-hydrogen) atoms. The van der Waals surface area contributed by atoms with Gasteiger partial charge in [-0.25, -0.2) is 12.8 Å². The number of sulfonamides is 1. The van der Waals surface area contributed by atoms with E-state index >= 15 is 0 Å². The molecule has 1 aliphatic heterocycles. The molecule has 0 bridgehead atoms.